The average molecular weight is 251 g/mol. The van der Waals surface area contributed by atoms with Crippen molar-refractivity contribution in [1.29, 1.82) is 0 Å². The first-order valence-electron chi connectivity index (χ1n) is 4.80. The third-order valence-corrected chi connectivity index (χ3v) is 2.39. The third kappa shape index (κ3) is 1.99. The molecule has 0 amide bonds. The van der Waals surface area contributed by atoms with E-state index in [2.05, 4.69) is 10.1 Å². The van der Waals surface area contributed by atoms with Gasteiger partial charge in [0, 0.05) is 29.4 Å². The maximum atomic E-state index is 13.0. The van der Waals surface area contributed by atoms with Gasteiger partial charge < -0.3 is 4.52 Å². The number of pyridine rings is 1. The number of benzene rings is 1. The van der Waals surface area contributed by atoms with Crippen LogP contribution in [0.2, 0.25) is 0 Å². The highest BCUT2D eigenvalue weighted by Gasteiger charge is 2.10. The molecule has 0 saturated carbocycles. The fourth-order valence-corrected chi connectivity index (χ4v) is 1.63. The van der Waals surface area contributed by atoms with Crippen molar-refractivity contribution in [3.05, 3.63) is 48.5 Å². The minimum absolute atomic E-state index is 0. The molecule has 2 heterocycles. The van der Waals surface area contributed by atoms with Gasteiger partial charge in [-0.1, -0.05) is 5.16 Å². The zero-order chi connectivity index (χ0) is 11.0. The summed E-state index contributed by atoms with van der Waals surface area (Å²) in [6, 6.07) is 8.05. The standard InChI is InChI=1S/C12H7FN2O.ClH/c13-9-1-2-10-11(7-9)16-15-12(10)8-3-5-14-6-4-8;/h1-7H;1H. The molecule has 0 fully saturated rings. The first-order valence-corrected chi connectivity index (χ1v) is 4.80. The normalized spacial score (nSPS) is 10.2. The maximum absolute atomic E-state index is 13.0. The predicted octanol–water partition coefficient (Wildman–Crippen LogP) is 3.45. The van der Waals surface area contributed by atoms with Crippen LogP contribution < -0.4 is 0 Å². The van der Waals surface area contributed by atoms with Gasteiger partial charge in [0.1, 0.15) is 11.5 Å². The van der Waals surface area contributed by atoms with E-state index in [0.717, 1.165) is 10.9 Å². The molecule has 0 N–H and O–H groups in total. The Balaban J connectivity index is 0.00000108. The Kier molecular flexibility index (Phi) is 3.06. The second kappa shape index (κ2) is 4.51. The lowest BCUT2D eigenvalue weighted by atomic mass is 10.1. The van der Waals surface area contributed by atoms with E-state index in [1.807, 2.05) is 12.1 Å². The summed E-state index contributed by atoms with van der Waals surface area (Å²) in [5.41, 5.74) is 2.06. The van der Waals surface area contributed by atoms with Crippen LogP contribution in [0.25, 0.3) is 22.2 Å². The Labute approximate surface area is 103 Å². The molecule has 0 saturated heterocycles. The van der Waals surface area contributed by atoms with E-state index in [0.29, 0.717) is 11.3 Å². The van der Waals surface area contributed by atoms with Gasteiger partial charge in [-0.05, 0) is 24.3 Å². The molecule has 3 rings (SSSR count). The molecule has 5 heteroatoms. The highest BCUT2D eigenvalue weighted by molar-refractivity contribution is 5.91. The lowest BCUT2D eigenvalue weighted by molar-refractivity contribution is 0.457. The Bertz CT molecular complexity index is 639. The molecule has 0 aliphatic carbocycles. The van der Waals surface area contributed by atoms with E-state index >= 15 is 0 Å². The first-order chi connectivity index (χ1) is 7.84. The van der Waals surface area contributed by atoms with E-state index < -0.39 is 0 Å². The largest absolute Gasteiger partial charge is 0.356 e. The van der Waals surface area contributed by atoms with Crippen LogP contribution in [-0.2, 0) is 0 Å². The summed E-state index contributed by atoms with van der Waals surface area (Å²) in [6.45, 7) is 0. The van der Waals surface area contributed by atoms with E-state index in [-0.39, 0.29) is 18.2 Å². The predicted molar refractivity (Wildman–Crippen MR) is 64.4 cm³/mol. The summed E-state index contributed by atoms with van der Waals surface area (Å²) in [7, 11) is 0. The van der Waals surface area contributed by atoms with Crippen LogP contribution in [0.4, 0.5) is 4.39 Å². The summed E-state index contributed by atoms with van der Waals surface area (Å²) in [5, 5.41) is 4.74. The lowest BCUT2D eigenvalue weighted by Crippen LogP contribution is -1.79. The highest BCUT2D eigenvalue weighted by atomic mass is 35.5. The van der Waals surface area contributed by atoms with Gasteiger partial charge in [-0.25, -0.2) is 4.39 Å². The summed E-state index contributed by atoms with van der Waals surface area (Å²) in [4.78, 5) is 3.93. The van der Waals surface area contributed by atoms with Gasteiger partial charge in [-0.3, -0.25) is 4.98 Å². The topological polar surface area (TPSA) is 38.9 Å². The van der Waals surface area contributed by atoms with Gasteiger partial charge >= 0.3 is 0 Å². The molecule has 3 nitrogen and oxygen atoms in total. The quantitative estimate of drug-likeness (QED) is 0.664. The molecule has 2 aromatic heterocycles. The summed E-state index contributed by atoms with van der Waals surface area (Å²) in [5.74, 6) is -0.329. The number of aromatic nitrogens is 2. The highest BCUT2D eigenvalue weighted by Crippen LogP contribution is 2.27. The van der Waals surface area contributed by atoms with Crippen LogP contribution in [0.3, 0.4) is 0 Å². The van der Waals surface area contributed by atoms with Gasteiger partial charge in [-0.2, -0.15) is 0 Å². The molecule has 17 heavy (non-hydrogen) atoms. The van der Waals surface area contributed by atoms with Gasteiger partial charge in [0.15, 0.2) is 5.58 Å². The Morgan fingerprint density at radius 3 is 2.59 bits per heavy atom. The number of rotatable bonds is 1. The van der Waals surface area contributed by atoms with E-state index in [1.165, 1.54) is 12.1 Å². The van der Waals surface area contributed by atoms with Crippen LogP contribution >= 0.6 is 12.4 Å². The van der Waals surface area contributed by atoms with Crippen molar-refractivity contribution in [2.24, 2.45) is 0 Å². The fourth-order valence-electron chi connectivity index (χ4n) is 1.63. The second-order valence-electron chi connectivity index (χ2n) is 3.41. The number of fused-ring (bicyclic) bond motifs is 1. The van der Waals surface area contributed by atoms with Crippen LogP contribution in [0.1, 0.15) is 0 Å². The Hall–Kier alpha value is -1.94. The van der Waals surface area contributed by atoms with Crippen molar-refractivity contribution in [2.45, 2.75) is 0 Å². The molecule has 0 spiro atoms. The number of hydrogen-bond donors (Lipinski definition) is 0. The monoisotopic (exact) mass is 250 g/mol. The van der Waals surface area contributed by atoms with Crippen LogP contribution in [0.5, 0.6) is 0 Å². The SMILES string of the molecule is Cl.Fc1ccc2c(-c3ccncc3)noc2c1. The molecule has 0 aliphatic heterocycles. The minimum atomic E-state index is -0.329. The maximum Gasteiger partial charge on any atom is 0.170 e. The first kappa shape index (κ1) is 11.5. The molecule has 0 radical (unpaired) electrons. The van der Waals surface area contributed by atoms with Crippen LogP contribution in [-0.4, -0.2) is 10.1 Å². The third-order valence-electron chi connectivity index (χ3n) is 2.39. The molecular formula is C12H8ClFN2O. The van der Waals surface area contributed by atoms with Gasteiger partial charge in [-0.15, -0.1) is 12.4 Å². The molecule has 0 bridgehead atoms. The van der Waals surface area contributed by atoms with Crippen molar-refractivity contribution >= 4 is 23.4 Å². The van der Waals surface area contributed by atoms with Crippen molar-refractivity contribution < 1.29 is 8.91 Å². The lowest BCUT2D eigenvalue weighted by Gasteiger charge is -1.94. The summed E-state index contributed by atoms with van der Waals surface area (Å²) < 4.78 is 18.0. The second-order valence-corrected chi connectivity index (χ2v) is 3.41. The smallest absolute Gasteiger partial charge is 0.170 e. The molecule has 0 atom stereocenters. The van der Waals surface area contributed by atoms with Crippen molar-refractivity contribution in [3.63, 3.8) is 0 Å². The summed E-state index contributed by atoms with van der Waals surface area (Å²) >= 11 is 0. The molecule has 0 aliphatic rings. The van der Waals surface area contributed by atoms with Gasteiger partial charge in [0.2, 0.25) is 0 Å². The molecule has 0 unspecified atom stereocenters. The van der Waals surface area contributed by atoms with E-state index in [1.54, 1.807) is 18.5 Å². The Morgan fingerprint density at radius 2 is 1.82 bits per heavy atom. The Morgan fingerprint density at radius 1 is 1.06 bits per heavy atom. The van der Waals surface area contributed by atoms with Crippen LogP contribution in [0, 0.1) is 5.82 Å². The van der Waals surface area contributed by atoms with Crippen molar-refractivity contribution in [1.82, 2.24) is 10.1 Å². The van der Waals surface area contributed by atoms with Crippen molar-refractivity contribution in [3.8, 4) is 11.3 Å². The number of nitrogens with zero attached hydrogens (tertiary/aromatic N) is 2. The number of hydrogen-bond acceptors (Lipinski definition) is 3. The van der Waals surface area contributed by atoms with Gasteiger partial charge in [0.05, 0.1) is 0 Å². The zero-order valence-electron chi connectivity index (χ0n) is 8.63. The molecular weight excluding hydrogens is 243 g/mol. The van der Waals surface area contributed by atoms with E-state index in [9.17, 15) is 4.39 Å². The molecule has 3 aromatic rings. The fraction of sp³-hybridized carbons (Fsp3) is 0. The molecule has 86 valence electrons. The number of halogens is 2. The minimum Gasteiger partial charge on any atom is -0.356 e. The van der Waals surface area contributed by atoms with E-state index in [4.69, 9.17) is 4.52 Å². The zero-order valence-corrected chi connectivity index (χ0v) is 9.45. The summed E-state index contributed by atoms with van der Waals surface area (Å²) in [6.07, 6.45) is 3.36. The van der Waals surface area contributed by atoms with Gasteiger partial charge in [0.25, 0.3) is 0 Å². The van der Waals surface area contributed by atoms with Crippen LogP contribution in [0.15, 0.2) is 47.2 Å². The molecule has 1 aromatic carbocycles. The average Bonchev–Trinajstić information content (AvgIpc) is 2.73. The van der Waals surface area contributed by atoms with Crippen molar-refractivity contribution in [2.75, 3.05) is 0 Å².